The second-order valence-electron chi connectivity index (χ2n) is 3.36. The van der Waals surface area contributed by atoms with Gasteiger partial charge >= 0.3 is 0 Å². The highest BCUT2D eigenvalue weighted by atomic mass is 19.1. The molecule has 1 aromatic carbocycles. The summed E-state index contributed by atoms with van der Waals surface area (Å²) in [6, 6.07) is 2.91. The summed E-state index contributed by atoms with van der Waals surface area (Å²) >= 11 is 0. The van der Waals surface area contributed by atoms with Crippen LogP contribution in [0.3, 0.4) is 0 Å². The molecule has 13 heavy (non-hydrogen) atoms. The predicted molar refractivity (Wildman–Crippen MR) is 46.9 cm³/mol. The van der Waals surface area contributed by atoms with Crippen molar-refractivity contribution in [2.24, 2.45) is 0 Å². The maximum atomic E-state index is 13.1. The molecule has 0 bridgehead atoms. The second-order valence-corrected chi connectivity index (χ2v) is 3.36. The third-order valence-corrected chi connectivity index (χ3v) is 2.50. The van der Waals surface area contributed by atoms with Gasteiger partial charge in [-0.1, -0.05) is 0 Å². The van der Waals surface area contributed by atoms with Crippen LogP contribution < -0.4 is 0 Å². The van der Waals surface area contributed by atoms with Crippen LogP contribution in [0.4, 0.5) is 4.39 Å². The van der Waals surface area contributed by atoms with Crippen LogP contribution in [0.1, 0.15) is 21.5 Å². The van der Waals surface area contributed by atoms with Gasteiger partial charge in [0, 0.05) is 19.2 Å². The molecular formula is C10H10FNO. The zero-order valence-corrected chi connectivity index (χ0v) is 7.60. The van der Waals surface area contributed by atoms with Gasteiger partial charge in [-0.3, -0.25) is 4.79 Å². The molecule has 0 saturated carbocycles. The molecule has 68 valence electrons. The van der Waals surface area contributed by atoms with Gasteiger partial charge in [-0.2, -0.15) is 0 Å². The van der Waals surface area contributed by atoms with Crippen molar-refractivity contribution in [1.29, 1.82) is 0 Å². The van der Waals surface area contributed by atoms with E-state index in [9.17, 15) is 9.18 Å². The summed E-state index contributed by atoms with van der Waals surface area (Å²) in [6.07, 6.45) is 0. The highest BCUT2D eigenvalue weighted by Gasteiger charge is 2.26. The normalized spacial score (nSPS) is 15.0. The van der Waals surface area contributed by atoms with Gasteiger partial charge in [0.2, 0.25) is 0 Å². The summed E-state index contributed by atoms with van der Waals surface area (Å²) in [5, 5.41) is 0. The first-order valence-corrected chi connectivity index (χ1v) is 4.14. The molecule has 0 aromatic heterocycles. The minimum Gasteiger partial charge on any atom is -0.337 e. The van der Waals surface area contributed by atoms with Gasteiger partial charge in [0.1, 0.15) is 5.82 Å². The quantitative estimate of drug-likeness (QED) is 0.593. The molecule has 0 radical (unpaired) electrons. The standard InChI is InChI=1S/C10H10FNO/c1-6-8-5-12(2)10(13)7(8)3-4-9(6)11/h3-4H,5H2,1-2H3. The molecule has 1 aromatic rings. The maximum Gasteiger partial charge on any atom is 0.254 e. The van der Waals surface area contributed by atoms with Gasteiger partial charge in [0.15, 0.2) is 0 Å². The maximum absolute atomic E-state index is 13.1. The van der Waals surface area contributed by atoms with Crippen LogP contribution >= 0.6 is 0 Å². The Hall–Kier alpha value is -1.38. The fourth-order valence-corrected chi connectivity index (χ4v) is 1.65. The summed E-state index contributed by atoms with van der Waals surface area (Å²) in [6.45, 7) is 2.23. The van der Waals surface area contributed by atoms with Gasteiger partial charge in [-0.15, -0.1) is 0 Å². The Morgan fingerprint density at radius 2 is 2.15 bits per heavy atom. The van der Waals surface area contributed by atoms with Crippen LogP contribution in [0, 0.1) is 12.7 Å². The first-order chi connectivity index (χ1) is 6.11. The number of carbonyl (C=O) groups is 1. The predicted octanol–water partition coefficient (Wildman–Crippen LogP) is 1.72. The van der Waals surface area contributed by atoms with E-state index in [1.165, 1.54) is 6.07 Å². The number of rotatable bonds is 0. The number of benzene rings is 1. The Labute approximate surface area is 76.0 Å². The van der Waals surface area contributed by atoms with Crippen molar-refractivity contribution in [2.45, 2.75) is 13.5 Å². The van der Waals surface area contributed by atoms with Crippen LogP contribution in [0.2, 0.25) is 0 Å². The number of fused-ring (bicyclic) bond motifs is 1. The highest BCUT2D eigenvalue weighted by molar-refractivity contribution is 5.98. The van der Waals surface area contributed by atoms with Gasteiger partial charge in [0.25, 0.3) is 5.91 Å². The lowest BCUT2D eigenvalue weighted by molar-refractivity contribution is 0.0816. The van der Waals surface area contributed by atoms with E-state index >= 15 is 0 Å². The number of halogens is 1. The van der Waals surface area contributed by atoms with E-state index in [0.29, 0.717) is 17.7 Å². The Morgan fingerprint density at radius 1 is 1.46 bits per heavy atom. The number of hydrogen-bond acceptors (Lipinski definition) is 1. The number of hydrogen-bond donors (Lipinski definition) is 0. The molecule has 1 aliphatic rings. The largest absolute Gasteiger partial charge is 0.337 e. The molecule has 0 aliphatic carbocycles. The summed E-state index contributed by atoms with van der Waals surface area (Å²) in [5.41, 5.74) is 2.06. The molecule has 0 unspecified atom stereocenters. The highest BCUT2D eigenvalue weighted by Crippen LogP contribution is 2.25. The van der Waals surface area contributed by atoms with E-state index < -0.39 is 0 Å². The van der Waals surface area contributed by atoms with E-state index in [2.05, 4.69) is 0 Å². The Bertz CT molecular complexity index is 387. The molecule has 0 spiro atoms. The molecule has 0 atom stereocenters. The average Bonchev–Trinajstić information content (AvgIpc) is 2.38. The molecule has 0 fully saturated rings. The van der Waals surface area contributed by atoms with Crippen molar-refractivity contribution < 1.29 is 9.18 Å². The van der Waals surface area contributed by atoms with Crippen LogP contribution in [0.5, 0.6) is 0 Å². The molecule has 0 saturated heterocycles. The topological polar surface area (TPSA) is 20.3 Å². The van der Waals surface area contributed by atoms with Crippen molar-refractivity contribution in [2.75, 3.05) is 7.05 Å². The monoisotopic (exact) mass is 179 g/mol. The number of nitrogens with zero attached hydrogens (tertiary/aromatic N) is 1. The number of carbonyl (C=O) groups excluding carboxylic acids is 1. The Balaban J connectivity index is 2.64. The molecule has 1 heterocycles. The molecule has 2 nitrogen and oxygen atoms in total. The number of amides is 1. The first kappa shape index (κ1) is 8.23. The second kappa shape index (κ2) is 2.55. The molecule has 1 amide bonds. The Kier molecular flexibility index (Phi) is 1.62. The van der Waals surface area contributed by atoms with E-state index in [1.807, 2.05) is 0 Å². The van der Waals surface area contributed by atoms with Gasteiger partial charge < -0.3 is 4.90 Å². The lowest BCUT2D eigenvalue weighted by Crippen LogP contribution is -2.17. The summed E-state index contributed by atoms with van der Waals surface area (Å²) < 4.78 is 13.1. The van der Waals surface area contributed by atoms with Crippen molar-refractivity contribution >= 4 is 5.91 Å². The van der Waals surface area contributed by atoms with Crippen LogP contribution in [-0.4, -0.2) is 17.9 Å². The summed E-state index contributed by atoms with van der Waals surface area (Å²) in [7, 11) is 1.72. The van der Waals surface area contributed by atoms with Gasteiger partial charge in [-0.05, 0) is 30.2 Å². The van der Waals surface area contributed by atoms with Gasteiger partial charge in [0.05, 0.1) is 0 Å². The molecule has 0 N–H and O–H groups in total. The SMILES string of the molecule is Cc1c(F)ccc2c1CN(C)C2=O. The van der Waals surface area contributed by atoms with Gasteiger partial charge in [-0.25, -0.2) is 4.39 Å². The lowest BCUT2D eigenvalue weighted by Gasteiger charge is -2.05. The zero-order chi connectivity index (χ0) is 9.59. The van der Waals surface area contributed by atoms with E-state index in [-0.39, 0.29) is 11.7 Å². The molecular weight excluding hydrogens is 169 g/mol. The minimum absolute atomic E-state index is 0.0156. The fourth-order valence-electron chi connectivity index (χ4n) is 1.65. The van der Waals surface area contributed by atoms with Crippen LogP contribution in [0.25, 0.3) is 0 Å². The van der Waals surface area contributed by atoms with Crippen LogP contribution in [0.15, 0.2) is 12.1 Å². The minimum atomic E-state index is -0.234. The Morgan fingerprint density at radius 3 is 2.85 bits per heavy atom. The molecule has 3 heteroatoms. The van der Waals surface area contributed by atoms with Crippen molar-refractivity contribution in [3.63, 3.8) is 0 Å². The summed E-state index contributed by atoms with van der Waals surface area (Å²) in [4.78, 5) is 13.1. The smallest absolute Gasteiger partial charge is 0.254 e. The lowest BCUT2D eigenvalue weighted by atomic mass is 10.0. The first-order valence-electron chi connectivity index (χ1n) is 4.14. The van der Waals surface area contributed by atoms with Crippen molar-refractivity contribution in [1.82, 2.24) is 4.90 Å². The third kappa shape index (κ3) is 1.03. The van der Waals surface area contributed by atoms with Crippen molar-refractivity contribution in [3.05, 3.63) is 34.6 Å². The fraction of sp³-hybridized carbons (Fsp3) is 0.300. The zero-order valence-electron chi connectivity index (χ0n) is 7.60. The third-order valence-electron chi connectivity index (χ3n) is 2.50. The van der Waals surface area contributed by atoms with E-state index in [4.69, 9.17) is 0 Å². The average molecular weight is 179 g/mol. The van der Waals surface area contributed by atoms with Crippen molar-refractivity contribution in [3.8, 4) is 0 Å². The molecule has 2 rings (SSSR count). The van der Waals surface area contributed by atoms with Crippen LogP contribution in [-0.2, 0) is 6.54 Å². The molecule has 1 aliphatic heterocycles. The van der Waals surface area contributed by atoms with E-state index in [0.717, 1.165) is 5.56 Å². The van der Waals surface area contributed by atoms with E-state index in [1.54, 1.807) is 24.9 Å². The summed E-state index contributed by atoms with van der Waals surface area (Å²) in [5.74, 6) is -0.250.